The van der Waals surface area contributed by atoms with E-state index in [1.54, 1.807) is 6.07 Å². The molecule has 0 spiro atoms. The zero-order valence-electron chi connectivity index (χ0n) is 9.88. The topological polar surface area (TPSA) is 64.4 Å². The summed E-state index contributed by atoms with van der Waals surface area (Å²) in [6.07, 6.45) is 1.16. The molecule has 0 atom stereocenters. The zero-order chi connectivity index (χ0) is 14.0. The smallest absolute Gasteiger partial charge is 0.387 e. The monoisotopic (exact) mass is 268 g/mol. The Labute approximate surface area is 107 Å². The molecule has 0 saturated heterocycles. The molecule has 0 radical (unpaired) electrons. The minimum atomic E-state index is -2.98. The van der Waals surface area contributed by atoms with Gasteiger partial charge in [-0.2, -0.15) is 13.9 Å². The third-order valence-electron chi connectivity index (χ3n) is 2.53. The lowest BCUT2D eigenvalue weighted by Crippen LogP contribution is -2.06. The number of para-hydroxylation sites is 1. The fraction of sp³-hybridized carbons (Fsp3) is 0.167. The van der Waals surface area contributed by atoms with E-state index < -0.39 is 12.6 Å². The number of benzene rings is 1. The normalized spacial score (nSPS) is 10.7. The van der Waals surface area contributed by atoms with Gasteiger partial charge in [-0.1, -0.05) is 12.1 Å². The second-order valence-electron chi connectivity index (χ2n) is 3.71. The van der Waals surface area contributed by atoms with Crippen molar-refractivity contribution in [1.82, 2.24) is 9.78 Å². The molecule has 0 unspecified atom stereocenters. The van der Waals surface area contributed by atoms with Crippen LogP contribution in [0.15, 0.2) is 30.5 Å². The van der Waals surface area contributed by atoms with Crippen LogP contribution in [0.5, 0.6) is 5.75 Å². The standard InChI is InChI=1S/C12H10F2N2O3/c1-16-10(8(6-15-16)11(17)18)7-4-2-3-5-9(7)19-12(13)14/h2-6,12H,1H3,(H,17,18). The Morgan fingerprint density at radius 2 is 2.11 bits per heavy atom. The Balaban J connectivity index is 2.59. The molecule has 7 heteroatoms. The maximum absolute atomic E-state index is 12.3. The number of aromatic nitrogens is 2. The molecular formula is C12H10F2N2O3. The number of rotatable bonds is 4. The van der Waals surface area contributed by atoms with Crippen molar-refractivity contribution in [2.75, 3.05) is 0 Å². The van der Waals surface area contributed by atoms with E-state index in [0.29, 0.717) is 0 Å². The second-order valence-corrected chi connectivity index (χ2v) is 3.71. The maximum Gasteiger partial charge on any atom is 0.387 e. The molecule has 1 aromatic heterocycles. The summed E-state index contributed by atoms with van der Waals surface area (Å²) in [6, 6.07) is 5.98. The lowest BCUT2D eigenvalue weighted by Gasteiger charge is -2.11. The van der Waals surface area contributed by atoms with Gasteiger partial charge in [-0.15, -0.1) is 0 Å². The first-order valence-corrected chi connectivity index (χ1v) is 5.30. The van der Waals surface area contributed by atoms with Crippen LogP contribution >= 0.6 is 0 Å². The van der Waals surface area contributed by atoms with E-state index >= 15 is 0 Å². The van der Waals surface area contributed by atoms with Crippen LogP contribution in [0.25, 0.3) is 11.3 Å². The van der Waals surface area contributed by atoms with Crippen molar-refractivity contribution in [3.05, 3.63) is 36.0 Å². The van der Waals surface area contributed by atoms with Crippen molar-refractivity contribution < 1.29 is 23.4 Å². The van der Waals surface area contributed by atoms with E-state index in [4.69, 9.17) is 5.11 Å². The van der Waals surface area contributed by atoms with Gasteiger partial charge in [0.25, 0.3) is 0 Å². The number of carboxylic acids is 1. The van der Waals surface area contributed by atoms with Crippen molar-refractivity contribution in [1.29, 1.82) is 0 Å². The molecule has 19 heavy (non-hydrogen) atoms. The molecule has 0 amide bonds. The highest BCUT2D eigenvalue weighted by Crippen LogP contribution is 2.32. The van der Waals surface area contributed by atoms with Gasteiger partial charge in [0.15, 0.2) is 0 Å². The molecule has 0 bridgehead atoms. The van der Waals surface area contributed by atoms with E-state index in [-0.39, 0.29) is 22.6 Å². The molecule has 0 fully saturated rings. The zero-order valence-corrected chi connectivity index (χ0v) is 9.88. The van der Waals surface area contributed by atoms with Gasteiger partial charge in [0.1, 0.15) is 11.3 Å². The molecule has 100 valence electrons. The Kier molecular flexibility index (Phi) is 3.46. The van der Waals surface area contributed by atoms with E-state index in [0.717, 1.165) is 6.20 Å². The van der Waals surface area contributed by atoms with Crippen LogP contribution in [0.3, 0.4) is 0 Å². The number of carboxylic acid groups (broad SMARTS) is 1. The van der Waals surface area contributed by atoms with Crippen molar-refractivity contribution >= 4 is 5.97 Å². The van der Waals surface area contributed by atoms with E-state index in [1.165, 1.54) is 29.9 Å². The van der Waals surface area contributed by atoms with Crippen LogP contribution in [0.2, 0.25) is 0 Å². The van der Waals surface area contributed by atoms with Crippen LogP contribution in [-0.2, 0) is 7.05 Å². The highest BCUT2D eigenvalue weighted by Gasteiger charge is 2.20. The molecule has 1 aromatic carbocycles. The number of ether oxygens (including phenoxy) is 1. The van der Waals surface area contributed by atoms with Gasteiger partial charge in [-0.3, -0.25) is 4.68 Å². The fourth-order valence-corrected chi connectivity index (χ4v) is 1.77. The highest BCUT2D eigenvalue weighted by molar-refractivity contribution is 5.95. The predicted molar refractivity (Wildman–Crippen MR) is 62.2 cm³/mol. The van der Waals surface area contributed by atoms with Crippen LogP contribution in [-0.4, -0.2) is 27.5 Å². The molecule has 2 aromatic rings. The van der Waals surface area contributed by atoms with E-state index in [1.807, 2.05) is 0 Å². The molecule has 0 saturated carbocycles. The number of aryl methyl sites for hydroxylation is 1. The van der Waals surface area contributed by atoms with Crippen LogP contribution in [0, 0.1) is 0 Å². The number of hydrogen-bond acceptors (Lipinski definition) is 3. The SMILES string of the molecule is Cn1ncc(C(=O)O)c1-c1ccccc1OC(F)F. The number of aromatic carboxylic acids is 1. The van der Waals surface area contributed by atoms with Gasteiger partial charge in [-0.25, -0.2) is 4.79 Å². The van der Waals surface area contributed by atoms with Gasteiger partial charge in [0, 0.05) is 12.6 Å². The summed E-state index contributed by atoms with van der Waals surface area (Å²) in [5.41, 5.74) is 0.386. The van der Waals surface area contributed by atoms with Crippen LogP contribution in [0.4, 0.5) is 8.78 Å². The minimum Gasteiger partial charge on any atom is -0.478 e. The van der Waals surface area contributed by atoms with Crippen LogP contribution in [0.1, 0.15) is 10.4 Å². The third kappa shape index (κ3) is 2.54. The number of carbonyl (C=O) groups is 1. The first-order chi connectivity index (χ1) is 9.00. The summed E-state index contributed by atoms with van der Waals surface area (Å²) in [5, 5.41) is 12.9. The summed E-state index contributed by atoms with van der Waals surface area (Å²) in [6.45, 7) is -2.98. The number of alkyl halides is 2. The highest BCUT2D eigenvalue weighted by atomic mass is 19.3. The minimum absolute atomic E-state index is 0.0761. The summed E-state index contributed by atoms with van der Waals surface area (Å²) in [5.74, 6) is -1.28. The van der Waals surface area contributed by atoms with Gasteiger partial charge in [0.05, 0.1) is 11.9 Å². The Morgan fingerprint density at radius 1 is 1.42 bits per heavy atom. The molecule has 1 heterocycles. The molecule has 0 aliphatic rings. The molecule has 2 rings (SSSR count). The Bertz CT molecular complexity index is 611. The lowest BCUT2D eigenvalue weighted by molar-refractivity contribution is -0.0494. The first-order valence-electron chi connectivity index (χ1n) is 5.30. The van der Waals surface area contributed by atoms with Crippen LogP contribution < -0.4 is 4.74 Å². The van der Waals surface area contributed by atoms with Gasteiger partial charge < -0.3 is 9.84 Å². The summed E-state index contributed by atoms with van der Waals surface area (Å²) >= 11 is 0. The molecule has 0 aliphatic heterocycles. The first kappa shape index (κ1) is 13.0. The lowest BCUT2D eigenvalue weighted by atomic mass is 10.1. The molecule has 5 nitrogen and oxygen atoms in total. The molecule has 1 N–H and O–H groups in total. The van der Waals surface area contributed by atoms with Crippen molar-refractivity contribution in [2.45, 2.75) is 6.61 Å². The number of nitrogens with zero attached hydrogens (tertiary/aromatic N) is 2. The maximum atomic E-state index is 12.3. The van der Waals surface area contributed by atoms with Gasteiger partial charge in [0.2, 0.25) is 0 Å². The summed E-state index contributed by atoms with van der Waals surface area (Å²) in [7, 11) is 1.53. The van der Waals surface area contributed by atoms with Gasteiger partial charge in [-0.05, 0) is 12.1 Å². The van der Waals surface area contributed by atoms with E-state index in [2.05, 4.69) is 9.84 Å². The number of hydrogen-bond donors (Lipinski definition) is 1. The van der Waals surface area contributed by atoms with Gasteiger partial charge >= 0.3 is 12.6 Å². The number of halogens is 2. The Hall–Kier alpha value is -2.44. The molecule has 0 aliphatic carbocycles. The third-order valence-corrected chi connectivity index (χ3v) is 2.53. The van der Waals surface area contributed by atoms with Crippen molar-refractivity contribution in [3.63, 3.8) is 0 Å². The summed E-state index contributed by atoms with van der Waals surface area (Å²) in [4.78, 5) is 11.1. The predicted octanol–water partition coefficient (Wildman–Crippen LogP) is 2.39. The fourth-order valence-electron chi connectivity index (χ4n) is 1.77. The summed E-state index contributed by atoms with van der Waals surface area (Å²) < 4.78 is 30.4. The Morgan fingerprint density at radius 3 is 2.74 bits per heavy atom. The van der Waals surface area contributed by atoms with Crippen molar-refractivity contribution in [2.24, 2.45) is 7.05 Å². The average Bonchev–Trinajstić information content (AvgIpc) is 2.71. The largest absolute Gasteiger partial charge is 0.478 e. The average molecular weight is 268 g/mol. The van der Waals surface area contributed by atoms with Crippen molar-refractivity contribution in [3.8, 4) is 17.0 Å². The van der Waals surface area contributed by atoms with E-state index in [9.17, 15) is 13.6 Å². The molecular weight excluding hydrogens is 258 g/mol. The quantitative estimate of drug-likeness (QED) is 0.924. The second kappa shape index (κ2) is 5.05.